The van der Waals surface area contributed by atoms with E-state index in [1.54, 1.807) is 11.3 Å². The number of para-hydroxylation sites is 1. The van der Waals surface area contributed by atoms with Gasteiger partial charge < -0.3 is 4.42 Å². The summed E-state index contributed by atoms with van der Waals surface area (Å²) in [5.74, 6) is 0.749. The largest absolute Gasteiger partial charge is 0.455 e. The highest BCUT2D eigenvalue weighted by Crippen LogP contribution is 2.30. The number of fused-ring (bicyclic) bond motifs is 1. The Balaban J connectivity index is 1.52. The Morgan fingerprint density at radius 2 is 1.96 bits per heavy atom. The number of furan rings is 1. The van der Waals surface area contributed by atoms with Crippen LogP contribution in [0.4, 0.5) is 5.13 Å². The number of benzene rings is 2. The molecule has 0 saturated heterocycles. The van der Waals surface area contributed by atoms with Gasteiger partial charge >= 0.3 is 0 Å². The van der Waals surface area contributed by atoms with Crippen molar-refractivity contribution in [1.29, 1.82) is 0 Å². The maximum atomic E-state index is 5.81. The average Bonchev–Trinajstić information content (AvgIpc) is 3.27. The number of nitrogens with zero attached hydrogens (tertiary/aromatic N) is 2. The summed E-state index contributed by atoms with van der Waals surface area (Å²) >= 11 is 5.01. The molecule has 0 atom stereocenters. The number of rotatable bonds is 4. The molecule has 6 heteroatoms. The summed E-state index contributed by atoms with van der Waals surface area (Å²) in [6.45, 7) is 1.91. The maximum absolute atomic E-state index is 5.81. The zero-order valence-electron chi connectivity index (χ0n) is 13.4. The van der Waals surface area contributed by atoms with Crippen molar-refractivity contribution in [2.75, 3.05) is 5.43 Å². The molecule has 25 heavy (non-hydrogen) atoms. The third-order valence-corrected chi connectivity index (χ3v) is 5.22. The van der Waals surface area contributed by atoms with E-state index >= 15 is 0 Å². The van der Waals surface area contributed by atoms with Crippen molar-refractivity contribution in [1.82, 2.24) is 4.98 Å². The number of halogens is 1. The smallest absolute Gasteiger partial charge is 0.203 e. The second kappa shape index (κ2) is 6.82. The Morgan fingerprint density at radius 1 is 1.16 bits per heavy atom. The van der Waals surface area contributed by atoms with Crippen LogP contribution in [-0.2, 0) is 0 Å². The minimum Gasteiger partial charge on any atom is -0.455 e. The van der Waals surface area contributed by atoms with Crippen LogP contribution >= 0.6 is 27.3 Å². The van der Waals surface area contributed by atoms with Gasteiger partial charge in [0.15, 0.2) is 5.76 Å². The standard InChI is InChI=1S/C19H14BrN3OS/c1-12(17-10-14-4-2-3-5-16(14)24-17)22-23-19-21-11-18(25-19)13-6-8-15(20)9-7-13/h2-11H,1H3,(H,21,23)/b22-12+. The van der Waals surface area contributed by atoms with Gasteiger partial charge in [0.05, 0.1) is 4.88 Å². The zero-order chi connectivity index (χ0) is 17.2. The van der Waals surface area contributed by atoms with E-state index in [-0.39, 0.29) is 0 Å². The lowest BCUT2D eigenvalue weighted by Gasteiger charge is -1.97. The minimum absolute atomic E-state index is 0.744. The Morgan fingerprint density at radius 3 is 2.76 bits per heavy atom. The third-order valence-electron chi connectivity index (χ3n) is 3.74. The van der Waals surface area contributed by atoms with Gasteiger partial charge in [-0.3, -0.25) is 5.43 Å². The number of hydrogen-bond donors (Lipinski definition) is 1. The molecule has 0 aliphatic heterocycles. The molecule has 0 spiro atoms. The van der Waals surface area contributed by atoms with Crippen molar-refractivity contribution in [2.24, 2.45) is 5.10 Å². The fourth-order valence-corrected chi connectivity index (χ4v) is 3.45. The van der Waals surface area contributed by atoms with E-state index in [9.17, 15) is 0 Å². The van der Waals surface area contributed by atoms with Crippen LogP contribution in [-0.4, -0.2) is 10.7 Å². The highest BCUT2D eigenvalue weighted by molar-refractivity contribution is 9.10. The molecule has 2 aromatic heterocycles. The normalized spacial score (nSPS) is 11.8. The molecule has 1 N–H and O–H groups in total. The van der Waals surface area contributed by atoms with Gasteiger partial charge in [-0.1, -0.05) is 57.6 Å². The van der Waals surface area contributed by atoms with E-state index in [0.717, 1.165) is 42.5 Å². The van der Waals surface area contributed by atoms with Crippen LogP contribution in [0.1, 0.15) is 12.7 Å². The average molecular weight is 412 g/mol. The number of thiazole rings is 1. The van der Waals surface area contributed by atoms with Crippen LogP contribution in [0.25, 0.3) is 21.4 Å². The molecule has 124 valence electrons. The molecule has 2 heterocycles. The van der Waals surface area contributed by atoms with E-state index in [4.69, 9.17) is 4.42 Å². The number of hydrazone groups is 1. The molecule has 0 aliphatic rings. The quantitative estimate of drug-likeness (QED) is 0.323. The van der Waals surface area contributed by atoms with E-state index in [0.29, 0.717) is 0 Å². The predicted octanol–water partition coefficient (Wildman–Crippen LogP) is 6.15. The first-order valence-electron chi connectivity index (χ1n) is 7.70. The van der Waals surface area contributed by atoms with Crippen LogP contribution in [0.3, 0.4) is 0 Å². The van der Waals surface area contributed by atoms with E-state index in [1.807, 2.05) is 55.6 Å². The topological polar surface area (TPSA) is 50.4 Å². The number of nitrogens with one attached hydrogen (secondary N) is 1. The molecular weight excluding hydrogens is 398 g/mol. The van der Waals surface area contributed by atoms with Gasteiger partial charge in [0.1, 0.15) is 11.3 Å². The molecule has 4 rings (SSSR count). The van der Waals surface area contributed by atoms with Gasteiger partial charge in [0.25, 0.3) is 0 Å². The molecule has 0 aliphatic carbocycles. The molecule has 0 bridgehead atoms. The monoisotopic (exact) mass is 411 g/mol. The lowest BCUT2D eigenvalue weighted by atomic mass is 10.2. The summed E-state index contributed by atoms with van der Waals surface area (Å²) in [6.07, 6.45) is 1.85. The summed E-state index contributed by atoms with van der Waals surface area (Å²) in [5.41, 5.74) is 5.78. The van der Waals surface area contributed by atoms with Gasteiger partial charge in [-0.05, 0) is 36.8 Å². The first kappa shape index (κ1) is 16.1. The van der Waals surface area contributed by atoms with Crippen molar-refractivity contribution in [3.8, 4) is 10.4 Å². The summed E-state index contributed by atoms with van der Waals surface area (Å²) in [7, 11) is 0. The predicted molar refractivity (Wildman–Crippen MR) is 107 cm³/mol. The van der Waals surface area contributed by atoms with Crippen molar-refractivity contribution in [3.05, 3.63) is 71.0 Å². The van der Waals surface area contributed by atoms with Gasteiger partial charge in [0, 0.05) is 16.1 Å². The molecule has 0 unspecified atom stereocenters. The van der Waals surface area contributed by atoms with E-state index in [2.05, 4.69) is 43.6 Å². The molecule has 4 nitrogen and oxygen atoms in total. The Labute approximate surface area is 157 Å². The lowest BCUT2D eigenvalue weighted by molar-refractivity contribution is 0.604. The van der Waals surface area contributed by atoms with Crippen molar-refractivity contribution in [2.45, 2.75) is 6.92 Å². The van der Waals surface area contributed by atoms with E-state index < -0.39 is 0 Å². The highest BCUT2D eigenvalue weighted by atomic mass is 79.9. The van der Waals surface area contributed by atoms with Gasteiger partial charge in [-0.2, -0.15) is 5.10 Å². The summed E-state index contributed by atoms with van der Waals surface area (Å²) in [4.78, 5) is 5.47. The van der Waals surface area contributed by atoms with Gasteiger partial charge in [0.2, 0.25) is 5.13 Å². The van der Waals surface area contributed by atoms with Crippen molar-refractivity contribution >= 4 is 49.1 Å². The second-order valence-corrected chi connectivity index (χ2v) is 7.44. The summed E-state index contributed by atoms with van der Waals surface area (Å²) < 4.78 is 6.87. The second-order valence-electron chi connectivity index (χ2n) is 5.49. The fourth-order valence-electron chi connectivity index (χ4n) is 2.42. The first-order valence-corrected chi connectivity index (χ1v) is 9.31. The molecule has 0 amide bonds. The fraction of sp³-hybridized carbons (Fsp3) is 0.0526. The molecule has 2 aromatic carbocycles. The first-order chi connectivity index (χ1) is 12.2. The number of anilines is 1. The lowest BCUT2D eigenvalue weighted by Crippen LogP contribution is -1.97. The summed E-state index contributed by atoms with van der Waals surface area (Å²) in [6, 6.07) is 18.1. The van der Waals surface area contributed by atoms with Gasteiger partial charge in [-0.15, -0.1) is 0 Å². The van der Waals surface area contributed by atoms with Crippen molar-refractivity contribution < 1.29 is 4.42 Å². The minimum atomic E-state index is 0.744. The number of hydrogen-bond acceptors (Lipinski definition) is 5. The molecular formula is C19H14BrN3OS. The van der Waals surface area contributed by atoms with E-state index in [1.165, 1.54) is 0 Å². The Bertz CT molecular complexity index is 1020. The van der Waals surface area contributed by atoms with Gasteiger partial charge in [-0.25, -0.2) is 4.98 Å². The maximum Gasteiger partial charge on any atom is 0.203 e. The SMILES string of the molecule is C/C(=N\Nc1ncc(-c2ccc(Br)cc2)s1)c1cc2ccccc2o1. The van der Waals surface area contributed by atoms with Crippen LogP contribution < -0.4 is 5.43 Å². The van der Waals surface area contributed by atoms with Crippen molar-refractivity contribution in [3.63, 3.8) is 0 Å². The number of aromatic nitrogens is 1. The highest BCUT2D eigenvalue weighted by Gasteiger charge is 2.07. The molecule has 0 saturated carbocycles. The summed E-state index contributed by atoms with van der Waals surface area (Å²) in [5, 5.41) is 6.21. The molecule has 4 aromatic rings. The Kier molecular flexibility index (Phi) is 4.38. The molecule has 0 fully saturated rings. The van der Waals surface area contributed by atoms with Crippen LogP contribution in [0, 0.1) is 0 Å². The zero-order valence-corrected chi connectivity index (χ0v) is 15.8. The molecule has 0 radical (unpaired) electrons. The van der Waals surface area contributed by atoms with Crippen LogP contribution in [0.2, 0.25) is 0 Å². The van der Waals surface area contributed by atoms with Crippen LogP contribution in [0.15, 0.2) is 74.8 Å². The third kappa shape index (κ3) is 3.50. The van der Waals surface area contributed by atoms with Crippen LogP contribution in [0.5, 0.6) is 0 Å². The Hall–Kier alpha value is -2.44.